The van der Waals surface area contributed by atoms with Crippen LogP contribution in [0.4, 0.5) is 0 Å². The average molecular weight is 314 g/mol. The van der Waals surface area contributed by atoms with Gasteiger partial charge in [0.25, 0.3) is 5.91 Å². The highest BCUT2D eigenvalue weighted by Gasteiger charge is 2.28. The fourth-order valence-electron chi connectivity index (χ4n) is 2.55. The van der Waals surface area contributed by atoms with Gasteiger partial charge < -0.3 is 5.32 Å². The number of carbonyl (C=O) groups excluding carboxylic acids is 1. The first kappa shape index (κ1) is 17.4. The predicted molar refractivity (Wildman–Crippen MR) is 88.9 cm³/mol. The van der Waals surface area contributed by atoms with Crippen molar-refractivity contribution in [1.29, 1.82) is 0 Å². The Morgan fingerprint density at radius 3 is 2.35 bits per heavy atom. The lowest BCUT2D eigenvalue weighted by Gasteiger charge is -2.33. The third kappa shape index (κ3) is 5.37. The molecule has 0 bridgehead atoms. The topological polar surface area (TPSA) is 29.1 Å². The molecule has 1 rings (SSSR count). The summed E-state index contributed by atoms with van der Waals surface area (Å²) >= 11 is 7.74. The number of thioether (sulfide) groups is 1. The van der Waals surface area contributed by atoms with E-state index >= 15 is 0 Å². The lowest BCUT2D eigenvalue weighted by molar-refractivity contribution is 0.0891. The summed E-state index contributed by atoms with van der Waals surface area (Å²) < 4.78 is 0. The van der Waals surface area contributed by atoms with Gasteiger partial charge in [0.15, 0.2) is 0 Å². The molecular formula is C16H24ClNOS. The maximum atomic E-state index is 12.4. The highest BCUT2D eigenvalue weighted by Crippen LogP contribution is 2.28. The van der Waals surface area contributed by atoms with Crippen molar-refractivity contribution in [3.63, 3.8) is 0 Å². The second-order valence-corrected chi connectivity index (χ2v) is 8.21. The van der Waals surface area contributed by atoms with Crippen LogP contribution in [-0.4, -0.2) is 17.7 Å². The van der Waals surface area contributed by atoms with Gasteiger partial charge in [-0.3, -0.25) is 4.79 Å². The predicted octanol–water partition coefficient (Wildman–Crippen LogP) is 5.01. The van der Waals surface area contributed by atoms with Crippen LogP contribution >= 0.6 is 23.4 Å². The number of hydrogen-bond acceptors (Lipinski definition) is 2. The molecule has 0 aliphatic heterocycles. The van der Waals surface area contributed by atoms with Gasteiger partial charge in [0.05, 0.1) is 10.6 Å². The Hall–Kier alpha value is -0.670. The van der Waals surface area contributed by atoms with E-state index in [0.717, 1.165) is 11.3 Å². The molecule has 112 valence electrons. The first-order valence-electron chi connectivity index (χ1n) is 6.70. The molecule has 1 N–H and O–H groups in total. The molecule has 0 spiro atoms. The summed E-state index contributed by atoms with van der Waals surface area (Å²) in [5.74, 6) is -0.111. The SMILES string of the molecule is CSc1ccc(Cl)c(C(=O)NC(C)(C)CC(C)(C)C)c1. The summed E-state index contributed by atoms with van der Waals surface area (Å²) in [5.41, 5.74) is 0.427. The van der Waals surface area contributed by atoms with Gasteiger partial charge in [-0.1, -0.05) is 32.4 Å². The molecule has 0 fully saturated rings. The Morgan fingerprint density at radius 1 is 1.25 bits per heavy atom. The van der Waals surface area contributed by atoms with Crippen LogP contribution in [0, 0.1) is 5.41 Å². The van der Waals surface area contributed by atoms with Gasteiger partial charge in [0, 0.05) is 10.4 Å². The minimum absolute atomic E-state index is 0.111. The third-order valence-electron chi connectivity index (χ3n) is 2.84. The van der Waals surface area contributed by atoms with Gasteiger partial charge in [-0.2, -0.15) is 0 Å². The van der Waals surface area contributed by atoms with E-state index in [2.05, 4.69) is 26.1 Å². The first-order valence-corrected chi connectivity index (χ1v) is 8.30. The van der Waals surface area contributed by atoms with Gasteiger partial charge in [0.1, 0.15) is 0 Å². The molecule has 0 heterocycles. The molecule has 0 unspecified atom stereocenters. The third-order valence-corrected chi connectivity index (χ3v) is 3.90. The van der Waals surface area contributed by atoms with Gasteiger partial charge in [0.2, 0.25) is 0 Å². The number of carbonyl (C=O) groups is 1. The van der Waals surface area contributed by atoms with Gasteiger partial charge in [-0.25, -0.2) is 0 Å². The molecule has 0 saturated heterocycles. The average Bonchev–Trinajstić information content (AvgIpc) is 2.25. The van der Waals surface area contributed by atoms with Crippen molar-refractivity contribution in [3.8, 4) is 0 Å². The Balaban J connectivity index is 2.91. The Labute approximate surface area is 131 Å². The number of amides is 1. The number of nitrogens with one attached hydrogen (secondary N) is 1. The van der Waals surface area contributed by atoms with Crippen molar-refractivity contribution < 1.29 is 4.79 Å². The van der Waals surface area contributed by atoms with E-state index in [1.54, 1.807) is 17.8 Å². The molecule has 0 aromatic heterocycles. The number of rotatable bonds is 4. The highest BCUT2D eigenvalue weighted by atomic mass is 35.5. The minimum atomic E-state index is -0.270. The summed E-state index contributed by atoms with van der Waals surface area (Å²) in [6.45, 7) is 10.6. The maximum Gasteiger partial charge on any atom is 0.253 e. The van der Waals surface area contributed by atoms with Crippen LogP contribution in [0.25, 0.3) is 0 Å². The Kier molecular flexibility index (Phi) is 5.56. The van der Waals surface area contributed by atoms with Crippen LogP contribution < -0.4 is 5.32 Å². The van der Waals surface area contributed by atoms with Crippen molar-refractivity contribution in [2.75, 3.05) is 6.26 Å². The number of benzene rings is 1. The molecule has 0 atom stereocenters. The molecular weight excluding hydrogens is 290 g/mol. The van der Waals surface area contributed by atoms with E-state index in [4.69, 9.17) is 11.6 Å². The van der Waals surface area contributed by atoms with Crippen LogP contribution in [0.5, 0.6) is 0 Å². The first-order chi connectivity index (χ1) is 9.04. The smallest absolute Gasteiger partial charge is 0.253 e. The molecule has 1 amide bonds. The molecule has 1 aromatic carbocycles. The molecule has 0 saturated carbocycles. The van der Waals surface area contributed by atoms with Gasteiger partial charge in [-0.15, -0.1) is 11.8 Å². The summed E-state index contributed by atoms with van der Waals surface area (Å²) in [4.78, 5) is 13.5. The zero-order chi connectivity index (χ0) is 15.6. The standard InChI is InChI=1S/C16H24ClNOS/c1-15(2,3)10-16(4,5)18-14(19)12-9-11(20-6)7-8-13(12)17/h7-9H,10H2,1-6H3,(H,18,19). The van der Waals surface area contributed by atoms with E-state index in [1.807, 2.05) is 32.2 Å². The minimum Gasteiger partial charge on any atom is -0.347 e. The highest BCUT2D eigenvalue weighted by molar-refractivity contribution is 7.98. The molecule has 0 radical (unpaired) electrons. The van der Waals surface area contributed by atoms with Gasteiger partial charge >= 0.3 is 0 Å². The van der Waals surface area contributed by atoms with E-state index in [1.165, 1.54) is 0 Å². The van der Waals surface area contributed by atoms with E-state index < -0.39 is 0 Å². The van der Waals surface area contributed by atoms with Crippen LogP contribution in [0.15, 0.2) is 23.1 Å². The quantitative estimate of drug-likeness (QED) is 0.792. The lowest BCUT2D eigenvalue weighted by atomic mass is 9.81. The summed E-state index contributed by atoms with van der Waals surface area (Å²) in [7, 11) is 0. The number of halogens is 1. The lowest BCUT2D eigenvalue weighted by Crippen LogP contribution is -2.45. The maximum absolute atomic E-state index is 12.4. The zero-order valence-corrected chi connectivity index (χ0v) is 14.7. The van der Waals surface area contributed by atoms with Gasteiger partial charge in [-0.05, 0) is 50.1 Å². The van der Waals surface area contributed by atoms with Crippen molar-refractivity contribution in [2.45, 2.75) is 51.5 Å². The van der Waals surface area contributed by atoms with E-state index in [9.17, 15) is 4.79 Å². The van der Waals surface area contributed by atoms with Crippen LogP contribution in [-0.2, 0) is 0 Å². The van der Waals surface area contributed by atoms with Crippen molar-refractivity contribution in [2.24, 2.45) is 5.41 Å². The fraction of sp³-hybridized carbons (Fsp3) is 0.562. The zero-order valence-electron chi connectivity index (χ0n) is 13.1. The molecule has 20 heavy (non-hydrogen) atoms. The normalized spacial score (nSPS) is 12.3. The van der Waals surface area contributed by atoms with Crippen LogP contribution in [0.3, 0.4) is 0 Å². The summed E-state index contributed by atoms with van der Waals surface area (Å²) in [6.07, 6.45) is 2.88. The molecule has 2 nitrogen and oxygen atoms in total. The number of hydrogen-bond donors (Lipinski definition) is 1. The molecule has 0 aliphatic rings. The van der Waals surface area contributed by atoms with Crippen molar-refractivity contribution in [3.05, 3.63) is 28.8 Å². The van der Waals surface area contributed by atoms with E-state index in [0.29, 0.717) is 10.6 Å². The second-order valence-electron chi connectivity index (χ2n) is 6.92. The monoisotopic (exact) mass is 313 g/mol. The fourth-order valence-corrected chi connectivity index (χ4v) is 3.19. The molecule has 4 heteroatoms. The van der Waals surface area contributed by atoms with E-state index in [-0.39, 0.29) is 16.9 Å². The second kappa shape index (κ2) is 6.40. The molecule has 0 aliphatic carbocycles. The van der Waals surface area contributed by atoms with Crippen molar-refractivity contribution >= 4 is 29.3 Å². The molecule has 1 aromatic rings. The largest absolute Gasteiger partial charge is 0.347 e. The Morgan fingerprint density at radius 2 is 1.85 bits per heavy atom. The van der Waals surface area contributed by atoms with Crippen molar-refractivity contribution in [1.82, 2.24) is 5.32 Å². The Bertz CT molecular complexity index is 492. The summed E-state index contributed by atoms with van der Waals surface area (Å²) in [5, 5.41) is 3.58. The van der Waals surface area contributed by atoms with Crippen LogP contribution in [0.2, 0.25) is 5.02 Å². The van der Waals surface area contributed by atoms with Crippen LogP contribution in [0.1, 0.15) is 51.4 Å². The summed E-state index contributed by atoms with van der Waals surface area (Å²) in [6, 6.07) is 5.54.